The second-order valence-electron chi connectivity index (χ2n) is 3.66. The highest BCUT2D eigenvalue weighted by molar-refractivity contribution is 5.71. The van der Waals surface area contributed by atoms with Gasteiger partial charge < -0.3 is 15.2 Å². The first-order valence-corrected chi connectivity index (χ1v) is 5.29. The van der Waals surface area contributed by atoms with Gasteiger partial charge in [0.1, 0.15) is 11.5 Å². The van der Waals surface area contributed by atoms with Crippen molar-refractivity contribution in [2.24, 2.45) is 0 Å². The van der Waals surface area contributed by atoms with E-state index in [4.69, 9.17) is 15.2 Å². The minimum atomic E-state index is -0.551. The smallest absolute Gasteiger partial charge is 0.165 e. The van der Waals surface area contributed by atoms with E-state index in [2.05, 4.69) is 4.98 Å². The van der Waals surface area contributed by atoms with Crippen molar-refractivity contribution in [2.45, 2.75) is 0 Å². The number of hydrogen-bond acceptors (Lipinski definition) is 4. The van der Waals surface area contributed by atoms with Crippen molar-refractivity contribution in [1.29, 1.82) is 0 Å². The number of rotatable bonds is 3. The van der Waals surface area contributed by atoms with Gasteiger partial charge in [-0.2, -0.15) is 0 Å². The summed E-state index contributed by atoms with van der Waals surface area (Å²) >= 11 is 0. The number of nitrogen functional groups attached to an aromatic ring is 1. The van der Waals surface area contributed by atoms with Gasteiger partial charge in [-0.15, -0.1) is 0 Å². The number of methoxy groups -OCH3 is 2. The molecule has 0 radical (unpaired) electrons. The summed E-state index contributed by atoms with van der Waals surface area (Å²) in [5.41, 5.74) is 6.67. The monoisotopic (exact) mass is 248 g/mol. The van der Waals surface area contributed by atoms with E-state index in [1.54, 1.807) is 32.4 Å². The Morgan fingerprint density at radius 2 is 1.94 bits per heavy atom. The predicted molar refractivity (Wildman–Crippen MR) is 67.1 cm³/mol. The maximum atomic E-state index is 13.4. The van der Waals surface area contributed by atoms with Crippen LogP contribution in [0.4, 0.5) is 10.2 Å². The molecule has 0 aliphatic carbocycles. The Balaban J connectivity index is 2.52. The van der Waals surface area contributed by atoms with Gasteiger partial charge in [0, 0.05) is 23.4 Å². The van der Waals surface area contributed by atoms with Crippen molar-refractivity contribution in [3.63, 3.8) is 0 Å². The zero-order valence-corrected chi connectivity index (χ0v) is 10.1. The van der Waals surface area contributed by atoms with Crippen molar-refractivity contribution < 1.29 is 13.9 Å². The summed E-state index contributed by atoms with van der Waals surface area (Å²) in [7, 11) is 3.11. The molecule has 0 saturated carbocycles. The maximum Gasteiger partial charge on any atom is 0.165 e. The highest BCUT2D eigenvalue weighted by atomic mass is 19.1. The first-order valence-electron chi connectivity index (χ1n) is 5.29. The van der Waals surface area contributed by atoms with E-state index < -0.39 is 5.82 Å². The van der Waals surface area contributed by atoms with Crippen LogP contribution in [0.1, 0.15) is 0 Å². The highest BCUT2D eigenvalue weighted by Crippen LogP contribution is 2.33. The molecule has 0 unspecified atom stereocenters. The molecular weight excluding hydrogens is 235 g/mol. The summed E-state index contributed by atoms with van der Waals surface area (Å²) < 4.78 is 23.7. The molecule has 0 spiro atoms. The van der Waals surface area contributed by atoms with Crippen LogP contribution in [0.15, 0.2) is 30.5 Å². The van der Waals surface area contributed by atoms with Crippen molar-refractivity contribution in [3.05, 3.63) is 36.3 Å². The largest absolute Gasteiger partial charge is 0.497 e. The minimum absolute atomic E-state index is 0.119. The normalized spacial score (nSPS) is 10.2. The van der Waals surface area contributed by atoms with E-state index in [0.29, 0.717) is 17.1 Å². The Bertz CT molecular complexity index is 573. The number of hydrogen-bond donors (Lipinski definition) is 1. The zero-order chi connectivity index (χ0) is 13.1. The predicted octanol–water partition coefficient (Wildman–Crippen LogP) is 2.49. The van der Waals surface area contributed by atoms with Gasteiger partial charge >= 0.3 is 0 Å². The fourth-order valence-electron chi connectivity index (χ4n) is 1.63. The first kappa shape index (κ1) is 12.2. The molecule has 0 amide bonds. The molecule has 0 aliphatic rings. The molecule has 0 fully saturated rings. The lowest BCUT2D eigenvalue weighted by molar-refractivity contribution is 0.395. The lowest BCUT2D eigenvalue weighted by Crippen LogP contribution is -1.96. The molecule has 2 N–H and O–H groups in total. The van der Waals surface area contributed by atoms with E-state index in [0.717, 1.165) is 5.56 Å². The Hall–Kier alpha value is -2.30. The van der Waals surface area contributed by atoms with Gasteiger partial charge in [0.05, 0.1) is 14.2 Å². The summed E-state index contributed by atoms with van der Waals surface area (Å²) in [6.07, 6.45) is 1.50. The van der Waals surface area contributed by atoms with Gasteiger partial charge in [-0.05, 0) is 18.2 Å². The van der Waals surface area contributed by atoms with Crippen LogP contribution in [0.2, 0.25) is 0 Å². The summed E-state index contributed by atoms with van der Waals surface area (Å²) in [5, 5.41) is 0. The second kappa shape index (κ2) is 4.91. The maximum absolute atomic E-state index is 13.4. The summed E-state index contributed by atoms with van der Waals surface area (Å²) in [6.45, 7) is 0. The molecule has 0 bridgehead atoms. The topological polar surface area (TPSA) is 57.4 Å². The quantitative estimate of drug-likeness (QED) is 0.906. The third-order valence-electron chi connectivity index (χ3n) is 2.59. The van der Waals surface area contributed by atoms with Crippen LogP contribution < -0.4 is 15.2 Å². The molecule has 5 heteroatoms. The van der Waals surface area contributed by atoms with Gasteiger partial charge in [-0.1, -0.05) is 0 Å². The van der Waals surface area contributed by atoms with Gasteiger partial charge in [0.15, 0.2) is 11.6 Å². The fourth-order valence-corrected chi connectivity index (χ4v) is 1.63. The van der Waals surface area contributed by atoms with Crippen LogP contribution >= 0.6 is 0 Å². The Labute approximate surface area is 104 Å². The molecule has 1 aromatic carbocycles. The van der Waals surface area contributed by atoms with Crippen LogP contribution in [0.25, 0.3) is 11.1 Å². The SMILES string of the molecule is COc1ccc(-c2cnc(N)c(F)c2)c(OC)c1. The number of nitrogens with two attached hydrogens (primary N) is 1. The van der Waals surface area contributed by atoms with Crippen LogP contribution in [0.3, 0.4) is 0 Å². The van der Waals surface area contributed by atoms with Crippen molar-refractivity contribution >= 4 is 5.82 Å². The van der Waals surface area contributed by atoms with Crippen LogP contribution in [-0.4, -0.2) is 19.2 Å². The summed E-state index contributed by atoms with van der Waals surface area (Å²) in [5.74, 6) is 0.580. The molecule has 0 aliphatic heterocycles. The molecule has 0 atom stereocenters. The molecule has 2 rings (SSSR count). The van der Waals surface area contributed by atoms with E-state index >= 15 is 0 Å². The number of ether oxygens (including phenoxy) is 2. The van der Waals surface area contributed by atoms with E-state index in [1.807, 2.05) is 0 Å². The third kappa shape index (κ3) is 2.20. The first-order chi connectivity index (χ1) is 8.65. The van der Waals surface area contributed by atoms with E-state index in [9.17, 15) is 4.39 Å². The van der Waals surface area contributed by atoms with E-state index in [1.165, 1.54) is 12.3 Å². The molecule has 94 valence electrons. The second-order valence-corrected chi connectivity index (χ2v) is 3.66. The Morgan fingerprint density at radius 3 is 2.56 bits per heavy atom. The number of benzene rings is 1. The van der Waals surface area contributed by atoms with Crippen molar-refractivity contribution in [3.8, 4) is 22.6 Å². The Morgan fingerprint density at radius 1 is 1.17 bits per heavy atom. The fraction of sp³-hybridized carbons (Fsp3) is 0.154. The van der Waals surface area contributed by atoms with Gasteiger partial charge in [0.25, 0.3) is 0 Å². The van der Waals surface area contributed by atoms with Crippen LogP contribution in [0.5, 0.6) is 11.5 Å². The van der Waals surface area contributed by atoms with Gasteiger partial charge in [0.2, 0.25) is 0 Å². The standard InChI is InChI=1S/C13H13FN2O2/c1-17-9-3-4-10(12(6-9)18-2)8-5-11(14)13(15)16-7-8/h3-7H,1-2H3,(H2,15,16). The minimum Gasteiger partial charge on any atom is -0.497 e. The van der Waals surface area contributed by atoms with Gasteiger partial charge in [-0.25, -0.2) is 9.37 Å². The number of nitrogens with zero attached hydrogens (tertiary/aromatic N) is 1. The van der Waals surface area contributed by atoms with Crippen LogP contribution in [0, 0.1) is 5.82 Å². The number of anilines is 1. The number of halogens is 1. The van der Waals surface area contributed by atoms with E-state index in [-0.39, 0.29) is 5.82 Å². The third-order valence-corrected chi connectivity index (χ3v) is 2.59. The highest BCUT2D eigenvalue weighted by Gasteiger charge is 2.10. The Kier molecular flexibility index (Phi) is 3.32. The van der Waals surface area contributed by atoms with Crippen molar-refractivity contribution in [1.82, 2.24) is 4.98 Å². The summed E-state index contributed by atoms with van der Waals surface area (Å²) in [4.78, 5) is 3.79. The molecule has 2 aromatic rings. The average Bonchev–Trinajstić information content (AvgIpc) is 2.41. The molecule has 4 nitrogen and oxygen atoms in total. The lowest BCUT2D eigenvalue weighted by atomic mass is 10.1. The molecular formula is C13H13FN2O2. The van der Waals surface area contributed by atoms with Gasteiger partial charge in [-0.3, -0.25) is 0 Å². The van der Waals surface area contributed by atoms with Crippen molar-refractivity contribution in [2.75, 3.05) is 20.0 Å². The summed E-state index contributed by atoms with van der Waals surface area (Å²) in [6, 6.07) is 6.60. The molecule has 18 heavy (non-hydrogen) atoms. The zero-order valence-electron chi connectivity index (χ0n) is 10.1. The molecule has 1 aromatic heterocycles. The lowest BCUT2D eigenvalue weighted by Gasteiger charge is -2.10. The number of pyridine rings is 1. The van der Waals surface area contributed by atoms with Crippen LogP contribution in [-0.2, 0) is 0 Å². The molecule has 0 saturated heterocycles. The molecule has 1 heterocycles. The number of aromatic nitrogens is 1. The average molecular weight is 248 g/mol.